The number of hydrogen-bond acceptors (Lipinski definition) is 6. The summed E-state index contributed by atoms with van der Waals surface area (Å²) in [7, 11) is 0.987. The molecule has 8 heteroatoms. The molecule has 122 valence electrons. The average Bonchev–Trinajstić information content (AvgIpc) is 2.44. The van der Waals surface area contributed by atoms with Gasteiger partial charge in [0.1, 0.15) is 23.3 Å². The molecule has 2 atom stereocenters. The van der Waals surface area contributed by atoms with E-state index in [1.807, 2.05) is 0 Å². The molecule has 1 aromatic carbocycles. The second kappa shape index (κ2) is 8.21. The Hall–Kier alpha value is -1.51. The molecule has 22 heavy (non-hydrogen) atoms. The molecule has 1 rings (SSSR count). The van der Waals surface area contributed by atoms with E-state index < -0.39 is 35.4 Å². The van der Waals surface area contributed by atoms with Gasteiger partial charge in [0, 0.05) is 12.7 Å². The molecule has 0 heterocycles. The van der Waals surface area contributed by atoms with Crippen LogP contribution in [0.3, 0.4) is 0 Å². The molecular formula is C14H16F2O5S. The van der Waals surface area contributed by atoms with Crippen molar-refractivity contribution in [3.8, 4) is 0 Å². The number of ether oxygens (including phenoxy) is 1. The smallest absolute Gasteiger partial charge is 0.343 e. The van der Waals surface area contributed by atoms with E-state index >= 15 is 0 Å². The van der Waals surface area contributed by atoms with Gasteiger partial charge in [0.05, 0.1) is 13.2 Å². The molecule has 0 spiro atoms. The highest BCUT2D eigenvalue weighted by Gasteiger charge is 2.24. The number of thioether (sulfide) groups is 1. The molecule has 2 unspecified atom stereocenters. The summed E-state index contributed by atoms with van der Waals surface area (Å²) in [6, 6.07) is 1.53. The van der Waals surface area contributed by atoms with Crippen LogP contribution in [0.1, 0.15) is 35.4 Å². The number of esters is 1. The number of hydrogen-bond donors (Lipinski definition) is 2. The summed E-state index contributed by atoms with van der Waals surface area (Å²) < 4.78 is 31.8. The molecule has 0 saturated carbocycles. The van der Waals surface area contributed by atoms with Gasteiger partial charge in [-0.2, -0.15) is 0 Å². The van der Waals surface area contributed by atoms with E-state index in [0.717, 1.165) is 31.0 Å². The molecule has 5 nitrogen and oxygen atoms in total. The molecule has 0 bridgehead atoms. The monoisotopic (exact) mass is 334 g/mol. The minimum absolute atomic E-state index is 0.0629. The van der Waals surface area contributed by atoms with Crippen LogP contribution < -0.4 is 0 Å². The van der Waals surface area contributed by atoms with E-state index in [1.165, 1.54) is 6.92 Å². The fraction of sp³-hybridized carbons (Fsp3) is 0.429. The molecule has 0 amide bonds. The molecular weight excluding hydrogens is 318 g/mol. The lowest BCUT2D eigenvalue weighted by atomic mass is 10.0. The minimum Gasteiger partial charge on any atom is -0.465 e. The predicted molar refractivity (Wildman–Crippen MR) is 76.4 cm³/mol. The third-order valence-electron chi connectivity index (χ3n) is 2.88. The van der Waals surface area contributed by atoms with Crippen LogP contribution in [-0.2, 0) is 9.53 Å². The van der Waals surface area contributed by atoms with Gasteiger partial charge in [-0.15, -0.1) is 0 Å². The van der Waals surface area contributed by atoms with Crippen molar-refractivity contribution in [2.45, 2.75) is 25.6 Å². The van der Waals surface area contributed by atoms with Crippen LogP contribution in [-0.4, -0.2) is 40.3 Å². The van der Waals surface area contributed by atoms with Crippen molar-refractivity contribution in [1.29, 1.82) is 0 Å². The summed E-state index contributed by atoms with van der Waals surface area (Å²) in [6.45, 7) is 1.36. The molecule has 0 fully saturated rings. The lowest BCUT2D eigenvalue weighted by molar-refractivity contribution is -0.109. The van der Waals surface area contributed by atoms with E-state index in [2.05, 4.69) is 4.74 Å². The first-order valence-electron chi connectivity index (χ1n) is 6.34. The van der Waals surface area contributed by atoms with Crippen LogP contribution >= 0.6 is 11.8 Å². The van der Waals surface area contributed by atoms with Crippen molar-refractivity contribution in [3.05, 3.63) is 34.9 Å². The first kappa shape index (κ1) is 18.5. The topological polar surface area (TPSA) is 83.8 Å². The Morgan fingerprint density at radius 1 is 1.27 bits per heavy atom. The standard InChI is InChI=1S/C14H16F2O5S/c1-7(17)22-4-3-11(18)13(19)8-5-9(15)12(10(16)6-8)14(20)21-2/h5-6,11,13,18-19H,3-4H2,1-2H3. The van der Waals surface area contributed by atoms with Gasteiger partial charge < -0.3 is 14.9 Å². The van der Waals surface area contributed by atoms with Crippen LogP contribution in [0.15, 0.2) is 12.1 Å². The van der Waals surface area contributed by atoms with Crippen LogP contribution in [0, 0.1) is 11.6 Å². The van der Waals surface area contributed by atoms with Gasteiger partial charge in [-0.25, -0.2) is 13.6 Å². The van der Waals surface area contributed by atoms with Crippen LogP contribution in [0.25, 0.3) is 0 Å². The summed E-state index contributed by atoms with van der Waals surface area (Å²) in [5.74, 6) is -3.29. The second-order valence-corrected chi connectivity index (χ2v) is 5.76. The number of halogens is 2. The van der Waals surface area contributed by atoms with Crippen LogP contribution in [0.5, 0.6) is 0 Å². The summed E-state index contributed by atoms with van der Waals surface area (Å²) >= 11 is 0.968. The van der Waals surface area contributed by atoms with E-state index in [1.54, 1.807) is 0 Å². The number of benzene rings is 1. The van der Waals surface area contributed by atoms with E-state index in [4.69, 9.17) is 0 Å². The van der Waals surface area contributed by atoms with Crippen molar-refractivity contribution in [1.82, 2.24) is 0 Å². The Morgan fingerprint density at radius 3 is 2.27 bits per heavy atom. The first-order valence-corrected chi connectivity index (χ1v) is 7.33. The second-order valence-electron chi connectivity index (χ2n) is 4.49. The van der Waals surface area contributed by atoms with Gasteiger partial charge >= 0.3 is 5.97 Å². The molecule has 0 aromatic heterocycles. The van der Waals surface area contributed by atoms with Gasteiger partial charge in [0.2, 0.25) is 0 Å². The number of carbonyl (C=O) groups excluding carboxylic acids is 2. The highest BCUT2D eigenvalue weighted by molar-refractivity contribution is 8.13. The third-order valence-corrected chi connectivity index (χ3v) is 3.73. The Balaban J connectivity index is 2.88. The summed E-state index contributed by atoms with van der Waals surface area (Å²) in [6.07, 6.45) is -2.77. The quantitative estimate of drug-likeness (QED) is 0.772. The van der Waals surface area contributed by atoms with Crippen molar-refractivity contribution in [2.75, 3.05) is 12.9 Å². The van der Waals surface area contributed by atoms with Crippen molar-refractivity contribution in [2.24, 2.45) is 0 Å². The zero-order valence-corrected chi connectivity index (χ0v) is 12.8. The summed E-state index contributed by atoms with van der Waals surface area (Å²) in [5.41, 5.74) is -1.07. The molecule has 1 aromatic rings. The minimum atomic E-state index is -1.54. The number of aliphatic hydroxyl groups is 2. The highest BCUT2D eigenvalue weighted by Crippen LogP contribution is 2.25. The Bertz CT molecular complexity index is 541. The maximum absolute atomic E-state index is 13.7. The van der Waals surface area contributed by atoms with E-state index in [9.17, 15) is 28.6 Å². The lowest BCUT2D eigenvalue weighted by Crippen LogP contribution is -2.20. The number of carbonyl (C=O) groups is 2. The highest BCUT2D eigenvalue weighted by atomic mass is 32.2. The Labute approximate surface area is 130 Å². The number of aliphatic hydroxyl groups excluding tert-OH is 2. The molecule has 0 saturated heterocycles. The van der Waals surface area contributed by atoms with E-state index in [-0.39, 0.29) is 22.9 Å². The summed E-state index contributed by atoms with van der Waals surface area (Å²) in [5, 5.41) is 19.5. The van der Waals surface area contributed by atoms with Crippen molar-refractivity contribution >= 4 is 22.8 Å². The molecule has 0 aliphatic rings. The first-order chi connectivity index (χ1) is 10.3. The molecule has 0 radical (unpaired) electrons. The molecule has 0 aliphatic carbocycles. The zero-order chi connectivity index (χ0) is 16.9. The largest absolute Gasteiger partial charge is 0.465 e. The van der Waals surface area contributed by atoms with Crippen molar-refractivity contribution in [3.63, 3.8) is 0 Å². The fourth-order valence-corrected chi connectivity index (χ4v) is 2.41. The Kier molecular flexibility index (Phi) is 6.92. The third kappa shape index (κ3) is 4.75. The normalized spacial score (nSPS) is 13.5. The SMILES string of the molecule is COC(=O)c1c(F)cc(C(O)C(O)CCSC(C)=O)cc1F. The van der Waals surface area contributed by atoms with Gasteiger partial charge in [-0.3, -0.25) is 4.79 Å². The maximum Gasteiger partial charge on any atom is 0.343 e. The van der Waals surface area contributed by atoms with Gasteiger partial charge in [0.25, 0.3) is 0 Å². The fourth-order valence-electron chi connectivity index (χ4n) is 1.76. The molecule has 2 N–H and O–H groups in total. The lowest BCUT2D eigenvalue weighted by Gasteiger charge is -2.18. The van der Waals surface area contributed by atoms with E-state index in [0.29, 0.717) is 0 Å². The maximum atomic E-state index is 13.7. The average molecular weight is 334 g/mol. The van der Waals surface area contributed by atoms with Gasteiger partial charge in [-0.1, -0.05) is 11.8 Å². The zero-order valence-electron chi connectivity index (χ0n) is 12.0. The predicted octanol–water partition coefficient (Wildman–Crippen LogP) is 1.82. The van der Waals surface area contributed by atoms with Gasteiger partial charge in [-0.05, 0) is 24.1 Å². The van der Waals surface area contributed by atoms with Crippen LogP contribution in [0.4, 0.5) is 8.78 Å². The summed E-state index contributed by atoms with van der Waals surface area (Å²) in [4.78, 5) is 22.0. The number of methoxy groups -OCH3 is 1. The Morgan fingerprint density at radius 2 is 1.82 bits per heavy atom. The van der Waals surface area contributed by atoms with Crippen molar-refractivity contribution < 1.29 is 33.3 Å². The molecule has 0 aliphatic heterocycles. The van der Waals surface area contributed by atoms with Crippen LogP contribution in [0.2, 0.25) is 0 Å². The van der Waals surface area contributed by atoms with Gasteiger partial charge in [0.15, 0.2) is 5.12 Å². The number of rotatable bonds is 6.